The molecular formula is C26H22Cl3N3O2. The molecule has 0 radical (unpaired) electrons. The molecular weight excluding hydrogens is 493 g/mol. The van der Waals surface area contributed by atoms with Crippen LogP contribution in [0.2, 0.25) is 15.1 Å². The van der Waals surface area contributed by atoms with Crippen molar-refractivity contribution in [3.05, 3.63) is 110 Å². The number of carbonyl (C=O) groups is 1. The van der Waals surface area contributed by atoms with Crippen LogP contribution in [0.3, 0.4) is 0 Å². The number of hydrogen-bond donors (Lipinski definition) is 1. The Hall–Kier alpha value is -2.99. The maximum Gasteiger partial charge on any atom is 0.251 e. The first-order valence-electron chi connectivity index (χ1n) is 10.6. The number of nitrogens with zero attached hydrogens (tertiary/aromatic N) is 2. The van der Waals surface area contributed by atoms with E-state index < -0.39 is 0 Å². The van der Waals surface area contributed by atoms with Crippen LogP contribution in [0.5, 0.6) is 5.75 Å². The molecule has 0 saturated heterocycles. The lowest BCUT2D eigenvalue weighted by Gasteiger charge is -2.11. The number of carbonyl (C=O) groups excluding carboxylic acids is 1. The number of benzene rings is 3. The Morgan fingerprint density at radius 2 is 1.68 bits per heavy atom. The number of rotatable bonds is 7. The van der Waals surface area contributed by atoms with E-state index in [1.807, 2.05) is 61.0 Å². The highest BCUT2D eigenvalue weighted by atomic mass is 35.5. The number of hydrogen-bond acceptors (Lipinski definition) is 3. The van der Waals surface area contributed by atoms with Gasteiger partial charge in [-0.25, -0.2) is 4.68 Å². The number of halogens is 3. The van der Waals surface area contributed by atoms with Crippen molar-refractivity contribution in [3.8, 4) is 11.4 Å². The minimum absolute atomic E-state index is 0.185. The second kappa shape index (κ2) is 10.5. The van der Waals surface area contributed by atoms with Crippen molar-refractivity contribution in [2.75, 3.05) is 0 Å². The Bertz CT molecular complexity index is 1310. The SMILES string of the molecule is Cc1nn(-c2ccccc2)c(C)c1CNC(=O)c1cccc(COc2c(Cl)cc(Cl)cc2Cl)c1. The molecule has 174 valence electrons. The second-order valence-electron chi connectivity index (χ2n) is 7.77. The topological polar surface area (TPSA) is 56.2 Å². The molecule has 8 heteroatoms. The summed E-state index contributed by atoms with van der Waals surface area (Å²) in [4.78, 5) is 12.9. The van der Waals surface area contributed by atoms with Gasteiger partial charge in [0.15, 0.2) is 5.75 Å². The molecule has 0 aliphatic rings. The van der Waals surface area contributed by atoms with Gasteiger partial charge in [0.05, 0.1) is 21.4 Å². The molecule has 0 atom stereocenters. The number of aromatic nitrogens is 2. The summed E-state index contributed by atoms with van der Waals surface area (Å²) in [7, 11) is 0. The fourth-order valence-corrected chi connectivity index (χ4v) is 4.57. The summed E-state index contributed by atoms with van der Waals surface area (Å²) < 4.78 is 7.67. The second-order valence-corrected chi connectivity index (χ2v) is 9.02. The summed E-state index contributed by atoms with van der Waals surface area (Å²) >= 11 is 18.3. The van der Waals surface area contributed by atoms with E-state index in [0.29, 0.717) is 32.9 Å². The first kappa shape index (κ1) is 24.1. The minimum Gasteiger partial charge on any atom is -0.486 e. The maximum absolute atomic E-state index is 12.9. The van der Waals surface area contributed by atoms with Crippen molar-refractivity contribution in [1.29, 1.82) is 0 Å². The zero-order valence-corrected chi connectivity index (χ0v) is 20.9. The van der Waals surface area contributed by atoms with Gasteiger partial charge in [0.1, 0.15) is 6.61 Å². The minimum atomic E-state index is -0.185. The highest BCUT2D eigenvalue weighted by molar-refractivity contribution is 6.40. The van der Waals surface area contributed by atoms with E-state index in [2.05, 4.69) is 10.4 Å². The Kier molecular flexibility index (Phi) is 7.47. The lowest BCUT2D eigenvalue weighted by atomic mass is 10.1. The number of para-hydroxylation sites is 1. The Labute approximate surface area is 213 Å². The molecule has 0 aliphatic heterocycles. The van der Waals surface area contributed by atoms with Crippen molar-refractivity contribution < 1.29 is 9.53 Å². The molecule has 4 rings (SSSR count). The maximum atomic E-state index is 12.9. The molecule has 5 nitrogen and oxygen atoms in total. The molecule has 0 bridgehead atoms. The van der Waals surface area contributed by atoms with Gasteiger partial charge in [-0.05, 0) is 55.8 Å². The Balaban J connectivity index is 1.43. The van der Waals surface area contributed by atoms with Crippen LogP contribution in [-0.2, 0) is 13.2 Å². The van der Waals surface area contributed by atoms with Crippen LogP contribution in [0.4, 0.5) is 0 Å². The molecule has 0 unspecified atom stereocenters. The van der Waals surface area contributed by atoms with Crippen molar-refractivity contribution in [2.24, 2.45) is 0 Å². The van der Waals surface area contributed by atoms with Crippen LogP contribution >= 0.6 is 34.8 Å². The normalized spacial score (nSPS) is 10.9. The van der Waals surface area contributed by atoms with Crippen LogP contribution in [0.1, 0.15) is 32.9 Å². The predicted octanol–water partition coefficient (Wildman–Crippen LogP) is 6.96. The van der Waals surface area contributed by atoms with Gasteiger partial charge in [-0.2, -0.15) is 5.10 Å². The van der Waals surface area contributed by atoms with Gasteiger partial charge in [0, 0.05) is 28.4 Å². The van der Waals surface area contributed by atoms with Crippen molar-refractivity contribution >= 4 is 40.7 Å². The zero-order valence-electron chi connectivity index (χ0n) is 18.6. The van der Waals surface area contributed by atoms with Crippen LogP contribution in [0, 0.1) is 13.8 Å². The van der Waals surface area contributed by atoms with Crippen LogP contribution in [-0.4, -0.2) is 15.7 Å². The van der Waals surface area contributed by atoms with E-state index in [-0.39, 0.29) is 12.5 Å². The summed E-state index contributed by atoms with van der Waals surface area (Å²) in [6.45, 7) is 4.52. The molecule has 34 heavy (non-hydrogen) atoms. The average Bonchev–Trinajstić information content (AvgIpc) is 3.10. The van der Waals surface area contributed by atoms with Crippen LogP contribution < -0.4 is 10.1 Å². The van der Waals surface area contributed by atoms with Gasteiger partial charge in [-0.1, -0.05) is 65.1 Å². The monoisotopic (exact) mass is 513 g/mol. The Morgan fingerprint density at radius 3 is 2.38 bits per heavy atom. The van der Waals surface area contributed by atoms with E-state index in [1.54, 1.807) is 24.3 Å². The fraction of sp³-hybridized carbons (Fsp3) is 0.154. The summed E-state index contributed by atoms with van der Waals surface area (Å²) in [5.74, 6) is 0.166. The molecule has 1 amide bonds. The standard InChI is InChI=1S/C26H22Cl3N3O2/c1-16-22(17(2)32(31-16)21-9-4-3-5-10-21)14-30-26(33)19-8-6-7-18(11-19)15-34-25-23(28)12-20(27)13-24(25)29/h3-13H,14-15H2,1-2H3,(H,30,33). The number of aryl methyl sites for hydroxylation is 1. The zero-order chi connectivity index (χ0) is 24.2. The first-order valence-corrected chi connectivity index (χ1v) is 11.7. The molecule has 3 aromatic carbocycles. The summed E-state index contributed by atoms with van der Waals surface area (Å²) in [6.07, 6.45) is 0. The Morgan fingerprint density at radius 1 is 0.971 bits per heavy atom. The van der Waals surface area contributed by atoms with Crippen LogP contribution in [0.25, 0.3) is 5.69 Å². The number of nitrogens with one attached hydrogen (secondary N) is 1. The molecule has 1 aromatic heterocycles. The largest absolute Gasteiger partial charge is 0.486 e. The molecule has 4 aromatic rings. The number of ether oxygens (including phenoxy) is 1. The quantitative estimate of drug-likeness (QED) is 0.290. The number of amides is 1. The van der Waals surface area contributed by atoms with Gasteiger partial charge in [-0.3, -0.25) is 4.79 Å². The molecule has 0 aliphatic carbocycles. The third-order valence-corrected chi connectivity index (χ3v) is 6.18. The van der Waals surface area contributed by atoms with Crippen molar-refractivity contribution in [3.63, 3.8) is 0 Å². The van der Waals surface area contributed by atoms with Gasteiger partial charge < -0.3 is 10.1 Å². The fourth-order valence-electron chi connectivity index (χ4n) is 3.65. The summed E-state index contributed by atoms with van der Waals surface area (Å²) in [6, 6.07) is 20.3. The molecule has 0 spiro atoms. The third-order valence-electron chi connectivity index (χ3n) is 5.40. The first-order chi connectivity index (χ1) is 16.3. The summed E-state index contributed by atoms with van der Waals surface area (Å²) in [5.41, 5.74) is 5.17. The lowest BCUT2D eigenvalue weighted by Crippen LogP contribution is -2.23. The van der Waals surface area contributed by atoms with E-state index in [0.717, 1.165) is 28.2 Å². The smallest absolute Gasteiger partial charge is 0.251 e. The van der Waals surface area contributed by atoms with Crippen molar-refractivity contribution in [1.82, 2.24) is 15.1 Å². The van der Waals surface area contributed by atoms with Gasteiger partial charge in [-0.15, -0.1) is 0 Å². The third kappa shape index (κ3) is 5.39. The van der Waals surface area contributed by atoms with Gasteiger partial charge in [0.2, 0.25) is 0 Å². The van der Waals surface area contributed by atoms with E-state index in [4.69, 9.17) is 39.5 Å². The van der Waals surface area contributed by atoms with Crippen molar-refractivity contribution in [2.45, 2.75) is 27.0 Å². The molecule has 0 saturated carbocycles. The highest BCUT2D eigenvalue weighted by Crippen LogP contribution is 2.36. The highest BCUT2D eigenvalue weighted by Gasteiger charge is 2.15. The lowest BCUT2D eigenvalue weighted by molar-refractivity contribution is 0.0950. The summed E-state index contributed by atoms with van der Waals surface area (Å²) in [5, 5.41) is 8.72. The van der Waals surface area contributed by atoms with Crippen LogP contribution in [0.15, 0.2) is 66.7 Å². The van der Waals surface area contributed by atoms with Gasteiger partial charge in [0.25, 0.3) is 5.91 Å². The van der Waals surface area contributed by atoms with Gasteiger partial charge >= 0.3 is 0 Å². The molecule has 0 fully saturated rings. The molecule has 1 heterocycles. The average molecular weight is 515 g/mol. The van der Waals surface area contributed by atoms with E-state index in [1.165, 1.54) is 0 Å². The van der Waals surface area contributed by atoms with E-state index in [9.17, 15) is 4.79 Å². The van der Waals surface area contributed by atoms with E-state index >= 15 is 0 Å². The molecule has 1 N–H and O–H groups in total. The predicted molar refractivity (Wildman–Crippen MR) is 136 cm³/mol.